The average molecular weight is 235 g/mol. The summed E-state index contributed by atoms with van der Waals surface area (Å²) in [7, 11) is 0. The molecule has 3 N–H and O–H groups in total. The first-order chi connectivity index (χ1) is 8.27. The Hall–Kier alpha value is -0.860. The fourth-order valence-corrected chi connectivity index (χ4v) is 2.24. The third kappa shape index (κ3) is 5.33. The van der Waals surface area contributed by atoms with Crippen molar-refractivity contribution in [1.82, 2.24) is 0 Å². The van der Waals surface area contributed by atoms with Crippen molar-refractivity contribution in [1.29, 1.82) is 0 Å². The smallest absolute Gasteiger partial charge is 0.0431 e. The van der Waals surface area contributed by atoms with Crippen molar-refractivity contribution >= 4 is 0 Å². The number of aliphatic hydroxyl groups excluding tert-OH is 1. The number of nitrogens with two attached hydrogens (primary N) is 1. The zero-order chi connectivity index (χ0) is 12.5. The molecule has 0 bridgehead atoms. The van der Waals surface area contributed by atoms with Gasteiger partial charge in [0, 0.05) is 12.6 Å². The number of benzene rings is 1. The van der Waals surface area contributed by atoms with Crippen LogP contribution in [0.25, 0.3) is 0 Å². The zero-order valence-corrected chi connectivity index (χ0v) is 10.8. The van der Waals surface area contributed by atoms with E-state index in [0.29, 0.717) is 5.92 Å². The van der Waals surface area contributed by atoms with Gasteiger partial charge in [0.1, 0.15) is 0 Å². The summed E-state index contributed by atoms with van der Waals surface area (Å²) in [5.74, 6) is 0.552. The van der Waals surface area contributed by atoms with Crippen molar-refractivity contribution in [3.63, 3.8) is 0 Å². The van der Waals surface area contributed by atoms with Gasteiger partial charge in [-0.1, -0.05) is 43.7 Å². The van der Waals surface area contributed by atoms with E-state index in [1.165, 1.54) is 5.56 Å². The molecule has 2 heteroatoms. The van der Waals surface area contributed by atoms with Gasteiger partial charge in [0.2, 0.25) is 0 Å². The summed E-state index contributed by atoms with van der Waals surface area (Å²) in [6.45, 7) is 2.49. The Labute approximate surface area is 105 Å². The molecule has 0 aliphatic rings. The van der Waals surface area contributed by atoms with Gasteiger partial charge < -0.3 is 10.8 Å². The van der Waals surface area contributed by atoms with Crippen molar-refractivity contribution in [3.8, 4) is 0 Å². The van der Waals surface area contributed by atoms with E-state index < -0.39 is 0 Å². The van der Waals surface area contributed by atoms with Crippen LogP contribution < -0.4 is 5.73 Å². The van der Waals surface area contributed by atoms with E-state index in [2.05, 4.69) is 31.2 Å². The van der Waals surface area contributed by atoms with Crippen LogP contribution in [0.1, 0.15) is 38.2 Å². The van der Waals surface area contributed by atoms with E-state index in [4.69, 9.17) is 10.8 Å². The molecule has 1 aromatic carbocycles. The van der Waals surface area contributed by atoms with Crippen LogP contribution in [0.3, 0.4) is 0 Å². The summed E-state index contributed by atoms with van der Waals surface area (Å²) < 4.78 is 0. The maximum absolute atomic E-state index is 8.77. The lowest BCUT2D eigenvalue weighted by molar-refractivity contribution is 0.275. The SMILES string of the molecule is CCC(Cc1ccccc1)C(N)CCCCO. The van der Waals surface area contributed by atoms with E-state index in [1.54, 1.807) is 0 Å². The first-order valence-electron chi connectivity index (χ1n) is 6.68. The lowest BCUT2D eigenvalue weighted by atomic mass is 9.88. The molecule has 96 valence electrons. The standard InChI is InChI=1S/C15H25NO/c1-2-14(15(16)10-6-7-11-17)12-13-8-4-3-5-9-13/h3-5,8-9,14-15,17H,2,6-7,10-12,16H2,1H3. The quantitative estimate of drug-likeness (QED) is 0.681. The summed E-state index contributed by atoms with van der Waals surface area (Å²) in [6.07, 6.45) is 5.11. The van der Waals surface area contributed by atoms with Gasteiger partial charge in [-0.25, -0.2) is 0 Å². The molecule has 0 aliphatic heterocycles. The van der Waals surface area contributed by atoms with E-state index >= 15 is 0 Å². The first kappa shape index (κ1) is 14.2. The summed E-state index contributed by atoms with van der Waals surface area (Å²) in [6, 6.07) is 10.8. The molecule has 1 aromatic rings. The molecule has 0 saturated carbocycles. The highest BCUT2D eigenvalue weighted by atomic mass is 16.2. The molecule has 0 heterocycles. The van der Waals surface area contributed by atoms with E-state index in [-0.39, 0.29) is 12.6 Å². The summed E-state index contributed by atoms with van der Waals surface area (Å²) in [5.41, 5.74) is 7.61. The van der Waals surface area contributed by atoms with Gasteiger partial charge >= 0.3 is 0 Å². The van der Waals surface area contributed by atoms with E-state index in [1.807, 2.05) is 6.07 Å². The molecule has 17 heavy (non-hydrogen) atoms. The summed E-state index contributed by atoms with van der Waals surface area (Å²) in [5, 5.41) is 8.77. The van der Waals surface area contributed by atoms with Crippen molar-refractivity contribution in [3.05, 3.63) is 35.9 Å². The molecule has 0 aliphatic carbocycles. The van der Waals surface area contributed by atoms with Crippen LogP contribution in [0.15, 0.2) is 30.3 Å². The molecule has 2 unspecified atom stereocenters. The minimum atomic E-state index is 0.256. The largest absolute Gasteiger partial charge is 0.396 e. The van der Waals surface area contributed by atoms with Gasteiger partial charge in [-0.3, -0.25) is 0 Å². The highest BCUT2D eigenvalue weighted by molar-refractivity contribution is 5.15. The maximum Gasteiger partial charge on any atom is 0.0431 e. The molecular formula is C15H25NO. The average Bonchev–Trinajstić information content (AvgIpc) is 2.37. The number of unbranched alkanes of at least 4 members (excludes halogenated alkanes) is 1. The fourth-order valence-electron chi connectivity index (χ4n) is 2.24. The molecular weight excluding hydrogens is 210 g/mol. The molecule has 2 nitrogen and oxygen atoms in total. The van der Waals surface area contributed by atoms with Gasteiger partial charge in [0.05, 0.1) is 0 Å². The Balaban J connectivity index is 2.42. The molecule has 1 rings (SSSR count). The molecule has 0 spiro atoms. The van der Waals surface area contributed by atoms with Gasteiger partial charge in [0.25, 0.3) is 0 Å². The number of rotatable bonds is 8. The van der Waals surface area contributed by atoms with Gasteiger partial charge in [-0.15, -0.1) is 0 Å². The van der Waals surface area contributed by atoms with Crippen LogP contribution in [-0.4, -0.2) is 17.8 Å². The fraction of sp³-hybridized carbons (Fsp3) is 0.600. The van der Waals surface area contributed by atoms with Crippen LogP contribution >= 0.6 is 0 Å². The van der Waals surface area contributed by atoms with E-state index in [0.717, 1.165) is 32.1 Å². The minimum absolute atomic E-state index is 0.256. The zero-order valence-electron chi connectivity index (χ0n) is 10.8. The van der Waals surface area contributed by atoms with E-state index in [9.17, 15) is 0 Å². The topological polar surface area (TPSA) is 46.2 Å². The third-order valence-electron chi connectivity index (χ3n) is 3.42. The van der Waals surface area contributed by atoms with Crippen molar-refractivity contribution in [2.24, 2.45) is 11.7 Å². The van der Waals surface area contributed by atoms with Gasteiger partial charge in [-0.05, 0) is 37.2 Å². The Bertz CT molecular complexity index is 286. The van der Waals surface area contributed by atoms with Crippen LogP contribution in [-0.2, 0) is 6.42 Å². The number of hydrogen-bond acceptors (Lipinski definition) is 2. The van der Waals surface area contributed by atoms with Gasteiger partial charge in [0.15, 0.2) is 0 Å². The Morgan fingerprint density at radius 2 is 1.88 bits per heavy atom. The van der Waals surface area contributed by atoms with Crippen LogP contribution in [0.5, 0.6) is 0 Å². The molecule has 0 saturated heterocycles. The second kappa shape index (κ2) is 8.26. The summed E-state index contributed by atoms with van der Waals surface area (Å²) in [4.78, 5) is 0. The molecule has 0 amide bonds. The molecule has 2 atom stereocenters. The van der Waals surface area contributed by atoms with Crippen LogP contribution in [0.4, 0.5) is 0 Å². The molecule has 0 radical (unpaired) electrons. The highest BCUT2D eigenvalue weighted by Gasteiger charge is 2.15. The Kier molecular flexibility index (Phi) is 6.90. The van der Waals surface area contributed by atoms with Crippen molar-refractivity contribution in [2.45, 2.75) is 45.1 Å². The minimum Gasteiger partial charge on any atom is -0.396 e. The number of hydrogen-bond donors (Lipinski definition) is 2. The Morgan fingerprint density at radius 1 is 1.18 bits per heavy atom. The molecule has 0 fully saturated rings. The first-order valence-corrected chi connectivity index (χ1v) is 6.68. The highest BCUT2D eigenvalue weighted by Crippen LogP contribution is 2.18. The summed E-state index contributed by atoms with van der Waals surface area (Å²) >= 11 is 0. The monoisotopic (exact) mass is 235 g/mol. The third-order valence-corrected chi connectivity index (χ3v) is 3.42. The normalized spacial score (nSPS) is 14.5. The van der Waals surface area contributed by atoms with Gasteiger partial charge in [-0.2, -0.15) is 0 Å². The van der Waals surface area contributed by atoms with Crippen LogP contribution in [0, 0.1) is 5.92 Å². The molecule has 0 aromatic heterocycles. The Morgan fingerprint density at radius 3 is 2.47 bits per heavy atom. The van der Waals surface area contributed by atoms with Crippen molar-refractivity contribution in [2.75, 3.05) is 6.61 Å². The second-order valence-electron chi connectivity index (χ2n) is 4.74. The van der Waals surface area contributed by atoms with Crippen molar-refractivity contribution < 1.29 is 5.11 Å². The lowest BCUT2D eigenvalue weighted by Crippen LogP contribution is -2.31. The predicted octanol–water partition coefficient (Wildman–Crippen LogP) is 2.75. The predicted molar refractivity (Wildman–Crippen MR) is 72.8 cm³/mol. The second-order valence-corrected chi connectivity index (χ2v) is 4.74. The maximum atomic E-state index is 8.77. The lowest BCUT2D eigenvalue weighted by Gasteiger charge is -2.22. The van der Waals surface area contributed by atoms with Crippen LogP contribution in [0.2, 0.25) is 0 Å². The number of aliphatic hydroxyl groups is 1.